The summed E-state index contributed by atoms with van der Waals surface area (Å²) in [5.74, 6) is 0.0476. The van der Waals surface area contributed by atoms with Crippen molar-refractivity contribution < 1.29 is 4.79 Å². The summed E-state index contributed by atoms with van der Waals surface area (Å²) in [5.41, 5.74) is 3.81. The molecule has 0 aliphatic heterocycles. The number of aryl methyl sites for hydroxylation is 1. The van der Waals surface area contributed by atoms with Crippen LogP contribution in [0.15, 0.2) is 51.6 Å². The van der Waals surface area contributed by atoms with E-state index in [-0.39, 0.29) is 17.3 Å². The van der Waals surface area contributed by atoms with Gasteiger partial charge in [-0.3, -0.25) is 4.79 Å². The van der Waals surface area contributed by atoms with Crippen LogP contribution in [-0.4, -0.2) is 31.8 Å². The van der Waals surface area contributed by atoms with Gasteiger partial charge in [0.05, 0.1) is 16.8 Å². The van der Waals surface area contributed by atoms with Gasteiger partial charge in [-0.1, -0.05) is 40.8 Å². The minimum atomic E-state index is -0.277. The standard InChI is InChI=1S/C18H16N6O2S2/c1-10-2-4-11(5-3-10)20-17-23-24-18(28-17)27-9-15(25)19-12-6-7-13-14(8-12)22-16(26)21-13/h2-8H,9H2,1H3,(H,19,25)(H,20,23)(H2,21,22,26). The van der Waals surface area contributed by atoms with Crippen LogP contribution in [0.5, 0.6) is 0 Å². The highest BCUT2D eigenvalue weighted by molar-refractivity contribution is 8.01. The van der Waals surface area contributed by atoms with Crippen molar-refractivity contribution in [2.75, 3.05) is 16.4 Å². The summed E-state index contributed by atoms with van der Waals surface area (Å²) < 4.78 is 0.704. The Labute approximate surface area is 167 Å². The molecular formula is C18H16N6O2S2. The molecule has 0 saturated carbocycles. The molecular weight excluding hydrogens is 396 g/mol. The molecule has 1 amide bonds. The van der Waals surface area contributed by atoms with Crippen LogP contribution in [0.2, 0.25) is 0 Å². The van der Waals surface area contributed by atoms with Crippen LogP contribution < -0.4 is 16.3 Å². The quantitative estimate of drug-likeness (QED) is 0.360. The van der Waals surface area contributed by atoms with E-state index >= 15 is 0 Å². The molecule has 0 atom stereocenters. The second-order valence-electron chi connectivity index (χ2n) is 6.04. The van der Waals surface area contributed by atoms with Gasteiger partial charge >= 0.3 is 5.69 Å². The minimum absolute atomic E-state index is 0.162. The molecule has 0 spiro atoms. The summed E-state index contributed by atoms with van der Waals surface area (Å²) in [6.45, 7) is 2.03. The van der Waals surface area contributed by atoms with E-state index in [0.717, 1.165) is 5.69 Å². The number of nitrogens with one attached hydrogen (secondary N) is 4. The molecule has 4 aromatic rings. The summed E-state index contributed by atoms with van der Waals surface area (Å²) in [4.78, 5) is 28.8. The van der Waals surface area contributed by atoms with E-state index in [2.05, 4.69) is 30.8 Å². The Morgan fingerprint density at radius 2 is 1.82 bits per heavy atom. The molecule has 28 heavy (non-hydrogen) atoms. The molecule has 142 valence electrons. The number of rotatable bonds is 6. The number of nitrogens with zero attached hydrogens (tertiary/aromatic N) is 2. The van der Waals surface area contributed by atoms with Gasteiger partial charge in [0.25, 0.3) is 0 Å². The highest BCUT2D eigenvalue weighted by Crippen LogP contribution is 2.28. The number of aromatic nitrogens is 4. The van der Waals surface area contributed by atoms with Crippen LogP contribution in [0.4, 0.5) is 16.5 Å². The lowest BCUT2D eigenvalue weighted by Crippen LogP contribution is -2.13. The molecule has 8 nitrogen and oxygen atoms in total. The van der Waals surface area contributed by atoms with E-state index in [1.165, 1.54) is 28.7 Å². The Bertz CT molecular complexity index is 1180. The molecule has 0 aliphatic carbocycles. The molecule has 0 saturated heterocycles. The molecule has 4 rings (SSSR count). The van der Waals surface area contributed by atoms with Gasteiger partial charge in [-0.2, -0.15) is 0 Å². The topological polar surface area (TPSA) is 116 Å². The molecule has 0 bridgehead atoms. The van der Waals surface area contributed by atoms with Gasteiger partial charge < -0.3 is 20.6 Å². The number of benzene rings is 2. The van der Waals surface area contributed by atoms with Crippen molar-refractivity contribution in [1.82, 2.24) is 20.2 Å². The van der Waals surface area contributed by atoms with Crippen molar-refractivity contribution in [3.05, 3.63) is 58.5 Å². The van der Waals surface area contributed by atoms with Crippen molar-refractivity contribution in [2.45, 2.75) is 11.3 Å². The molecule has 10 heteroatoms. The van der Waals surface area contributed by atoms with Crippen LogP contribution in [0, 0.1) is 6.92 Å². The van der Waals surface area contributed by atoms with Gasteiger partial charge in [0.15, 0.2) is 4.34 Å². The lowest BCUT2D eigenvalue weighted by Gasteiger charge is -2.04. The van der Waals surface area contributed by atoms with Gasteiger partial charge in [-0.15, -0.1) is 10.2 Å². The molecule has 0 fully saturated rings. The highest BCUT2D eigenvalue weighted by Gasteiger charge is 2.09. The summed E-state index contributed by atoms with van der Waals surface area (Å²) in [7, 11) is 0. The molecule has 2 aromatic carbocycles. The first-order valence-corrected chi connectivity index (χ1v) is 10.2. The summed E-state index contributed by atoms with van der Waals surface area (Å²) in [6.07, 6.45) is 0. The summed E-state index contributed by atoms with van der Waals surface area (Å²) >= 11 is 2.71. The van der Waals surface area contributed by atoms with Gasteiger partial charge in [0, 0.05) is 11.4 Å². The van der Waals surface area contributed by atoms with Crippen molar-refractivity contribution in [3.63, 3.8) is 0 Å². The number of anilines is 3. The van der Waals surface area contributed by atoms with Crippen LogP contribution in [0.25, 0.3) is 11.0 Å². The third-order valence-electron chi connectivity index (χ3n) is 3.84. The van der Waals surface area contributed by atoms with Crippen LogP contribution in [0.3, 0.4) is 0 Å². The predicted octanol–water partition coefficient (Wildman–Crippen LogP) is 3.49. The third-order valence-corrected chi connectivity index (χ3v) is 5.81. The molecule has 0 aliphatic rings. The largest absolute Gasteiger partial charge is 0.330 e. The maximum atomic E-state index is 12.2. The van der Waals surface area contributed by atoms with Gasteiger partial charge in [-0.05, 0) is 37.3 Å². The second-order valence-corrected chi connectivity index (χ2v) is 8.24. The van der Waals surface area contributed by atoms with Crippen LogP contribution in [-0.2, 0) is 4.79 Å². The Balaban J connectivity index is 1.32. The first kappa shape index (κ1) is 18.3. The number of fused-ring (bicyclic) bond motifs is 1. The fraction of sp³-hybridized carbons (Fsp3) is 0.111. The average Bonchev–Trinajstić information content (AvgIpc) is 3.27. The number of carbonyl (C=O) groups excluding carboxylic acids is 1. The van der Waals surface area contributed by atoms with Crippen molar-refractivity contribution in [1.29, 1.82) is 0 Å². The molecule has 0 radical (unpaired) electrons. The summed E-state index contributed by atoms with van der Waals surface area (Å²) in [5, 5.41) is 14.9. The minimum Gasteiger partial charge on any atom is -0.330 e. The van der Waals surface area contributed by atoms with E-state index < -0.39 is 0 Å². The smallest absolute Gasteiger partial charge is 0.323 e. The van der Waals surface area contributed by atoms with Gasteiger partial charge in [0.2, 0.25) is 11.0 Å². The zero-order valence-electron chi connectivity index (χ0n) is 14.8. The molecule has 2 aromatic heterocycles. The van der Waals surface area contributed by atoms with Gasteiger partial charge in [-0.25, -0.2) is 4.79 Å². The lowest BCUT2D eigenvalue weighted by molar-refractivity contribution is -0.113. The first-order chi connectivity index (χ1) is 13.5. The molecule has 2 heterocycles. The van der Waals surface area contributed by atoms with Crippen LogP contribution >= 0.6 is 23.1 Å². The fourth-order valence-electron chi connectivity index (χ4n) is 2.51. The maximum absolute atomic E-state index is 12.2. The number of amides is 1. The number of thioether (sulfide) groups is 1. The fourth-order valence-corrected chi connectivity index (χ4v) is 4.09. The number of imidazole rings is 1. The zero-order chi connectivity index (χ0) is 19.5. The van der Waals surface area contributed by atoms with Crippen molar-refractivity contribution >= 4 is 56.5 Å². The average molecular weight is 413 g/mol. The normalized spacial score (nSPS) is 10.9. The molecule has 0 unspecified atom stereocenters. The van der Waals surface area contributed by atoms with Gasteiger partial charge in [0.1, 0.15) is 0 Å². The van der Waals surface area contributed by atoms with E-state index in [1.54, 1.807) is 18.2 Å². The summed E-state index contributed by atoms with van der Waals surface area (Å²) in [6, 6.07) is 13.2. The third kappa shape index (κ3) is 4.41. The van der Waals surface area contributed by atoms with Crippen molar-refractivity contribution in [3.8, 4) is 0 Å². The lowest BCUT2D eigenvalue weighted by atomic mass is 10.2. The monoisotopic (exact) mass is 412 g/mol. The predicted molar refractivity (Wildman–Crippen MR) is 113 cm³/mol. The Kier molecular flexibility index (Phi) is 5.13. The van der Waals surface area contributed by atoms with Crippen LogP contribution in [0.1, 0.15) is 5.56 Å². The first-order valence-electron chi connectivity index (χ1n) is 8.37. The number of carbonyl (C=O) groups is 1. The highest BCUT2D eigenvalue weighted by atomic mass is 32.2. The van der Waals surface area contributed by atoms with E-state index in [0.29, 0.717) is 26.2 Å². The maximum Gasteiger partial charge on any atom is 0.323 e. The zero-order valence-corrected chi connectivity index (χ0v) is 16.4. The van der Waals surface area contributed by atoms with E-state index in [9.17, 15) is 9.59 Å². The Morgan fingerprint density at radius 1 is 1.07 bits per heavy atom. The number of aromatic amines is 2. The number of hydrogen-bond acceptors (Lipinski definition) is 7. The Hall–Kier alpha value is -3.11. The second kappa shape index (κ2) is 7.87. The van der Waals surface area contributed by atoms with Crippen molar-refractivity contribution in [2.24, 2.45) is 0 Å². The Morgan fingerprint density at radius 3 is 2.64 bits per heavy atom. The van der Waals surface area contributed by atoms with E-state index in [4.69, 9.17) is 0 Å². The number of H-pyrrole nitrogens is 2. The number of hydrogen-bond donors (Lipinski definition) is 4. The molecule has 4 N–H and O–H groups in total. The SMILES string of the molecule is Cc1ccc(Nc2nnc(SCC(=O)Nc3ccc4[nH]c(=O)[nH]c4c3)s2)cc1. The van der Waals surface area contributed by atoms with E-state index in [1.807, 2.05) is 31.2 Å².